The lowest BCUT2D eigenvalue weighted by Crippen LogP contribution is -2.28. The van der Waals surface area contributed by atoms with Gasteiger partial charge in [-0.15, -0.1) is 0 Å². The highest BCUT2D eigenvalue weighted by molar-refractivity contribution is 5.78. The minimum Gasteiger partial charge on any atom is -0.310 e. The first kappa shape index (κ1) is 24.5. The molecule has 0 bridgehead atoms. The van der Waals surface area contributed by atoms with Gasteiger partial charge in [-0.1, -0.05) is 89.8 Å². The second-order valence-electron chi connectivity index (χ2n) is 10.4. The van der Waals surface area contributed by atoms with Crippen LogP contribution in [0.5, 0.6) is 0 Å². The Kier molecular flexibility index (Phi) is 6.93. The molecule has 178 valence electrons. The van der Waals surface area contributed by atoms with Crippen molar-refractivity contribution < 1.29 is 0 Å². The van der Waals surface area contributed by atoms with Crippen LogP contribution in [0, 0.1) is 10.8 Å². The van der Waals surface area contributed by atoms with Gasteiger partial charge in [-0.3, -0.25) is 4.98 Å². The van der Waals surface area contributed by atoms with Gasteiger partial charge in [-0.25, -0.2) is 0 Å². The van der Waals surface area contributed by atoms with Gasteiger partial charge in [-0.05, 0) is 71.5 Å². The predicted molar refractivity (Wildman–Crippen MR) is 152 cm³/mol. The van der Waals surface area contributed by atoms with E-state index >= 15 is 0 Å². The van der Waals surface area contributed by atoms with Crippen molar-refractivity contribution in [2.24, 2.45) is 10.8 Å². The Morgan fingerprint density at radius 1 is 0.971 bits per heavy atom. The molecule has 2 nitrogen and oxygen atoms in total. The fraction of sp³-hybridized carbons (Fsp3) is 0.242. The van der Waals surface area contributed by atoms with Crippen LogP contribution in [0.3, 0.4) is 0 Å². The van der Waals surface area contributed by atoms with Gasteiger partial charge in [0.15, 0.2) is 0 Å². The van der Waals surface area contributed by atoms with Crippen LogP contribution in [0.25, 0.3) is 17.2 Å². The minimum absolute atomic E-state index is 0.0383. The maximum atomic E-state index is 4.56. The maximum absolute atomic E-state index is 4.56. The molecule has 0 spiro atoms. The Balaban J connectivity index is 1.84. The van der Waals surface area contributed by atoms with Crippen molar-refractivity contribution in [1.82, 2.24) is 4.98 Å². The molecule has 2 heteroatoms. The third-order valence-corrected chi connectivity index (χ3v) is 7.24. The fourth-order valence-corrected chi connectivity index (χ4v) is 4.36. The maximum Gasteiger partial charge on any atom is 0.0624 e. The van der Waals surface area contributed by atoms with Gasteiger partial charge >= 0.3 is 0 Å². The monoisotopic (exact) mass is 460 g/mol. The van der Waals surface area contributed by atoms with Gasteiger partial charge in [-0.2, -0.15) is 0 Å². The van der Waals surface area contributed by atoms with Crippen molar-refractivity contribution in [2.75, 3.05) is 4.90 Å². The largest absolute Gasteiger partial charge is 0.310 e. The lowest BCUT2D eigenvalue weighted by atomic mass is 9.68. The summed E-state index contributed by atoms with van der Waals surface area (Å²) in [4.78, 5) is 6.90. The van der Waals surface area contributed by atoms with E-state index in [0.717, 1.165) is 34.8 Å². The van der Waals surface area contributed by atoms with Gasteiger partial charge in [0.1, 0.15) is 0 Å². The molecule has 0 amide bonds. The molecule has 3 aromatic rings. The number of hydrogen-bond donors (Lipinski definition) is 0. The van der Waals surface area contributed by atoms with E-state index in [2.05, 4.69) is 136 Å². The van der Waals surface area contributed by atoms with Crippen LogP contribution in [0.1, 0.15) is 45.9 Å². The lowest BCUT2D eigenvalue weighted by molar-refractivity contribution is 0.228. The number of rotatable bonds is 6. The van der Waals surface area contributed by atoms with Crippen molar-refractivity contribution in [1.29, 1.82) is 0 Å². The van der Waals surface area contributed by atoms with Crippen LogP contribution < -0.4 is 4.90 Å². The number of benzene rings is 2. The molecule has 1 aromatic heterocycles. The average Bonchev–Trinajstić information content (AvgIpc) is 3.07. The first-order valence-corrected chi connectivity index (χ1v) is 12.4. The Morgan fingerprint density at radius 2 is 1.74 bits per heavy atom. The summed E-state index contributed by atoms with van der Waals surface area (Å²) in [6.07, 6.45) is 16.0. The minimum atomic E-state index is -0.0383. The summed E-state index contributed by atoms with van der Waals surface area (Å²) < 4.78 is 0. The summed E-state index contributed by atoms with van der Waals surface area (Å²) in [7, 11) is 0. The number of allylic oxidation sites excluding steroid dienone is 5. The summed E-state index contributed by atoms with van der Waals surface area (Å²) in [5, 5.41) is 0. The topological polar surface area (TPSA) is 16.1 Å². The molecule has 1 aliphatic rings. The molecular formula is C33H36N2. The fourth-order valence-electron chi connectivity index (χ4n) is 4.36. The van der Waals surface area contributed by atoms with E-state index < -0.39 is 0 Å². The molecule has 1 aliphatic carbocycles. The SMILES string of the molecule is C=Cc1ccc(-c2cc(N(C3=CC=CC(C)(C(C)(C)C)C=C3)c3ccccc3)ccc2CC)cn1. The summed E-state index contributed by atoms with van der Waals surface area (Å²) in [5.41, 5.74) is 7.99. The summed E-state index contributed by atoms with van der Waals surface area (Å²) in [6.45, 7) is 15.2. The average molecular weight is 461 g/mol. The van der Waals surface area contributed by atoms with Crippen molar-refractivity contribution in [3.63, 3.8) is 0 Å². The zero-order valence-electron chi connectivity index (χ0n) is 21.6. The van der Waals surface area contributed by atoms with Gasteiger partial charge in [0.2, 0.25) is 0 Å². The lowest BCUT2D eigenvalue weighted by Gasteiger charge is -2.37. The highest BCUT2D eigenvalue weighted by Gasteiger charge is 2.33. The third kappa shape index (κ3) is 5.07. The predicted octanol–water partition coefficient (Wildman–Crippen LogP) is 9.15. The van der Waals surface area contributed by atoms with Crippen LogP contribution in [0.4, 0.5) is 11.4 Å². The smallest absolute Gasteiger partial charge is 0.0624 e. The number of para-hydroxylation sites is 1. The molecule has 0 saturated carbocycles. The van der Waals surface area contributed by atoms with E-state index in [1.807, 2.05) is 12.3 Å². The highest BCUT2D eigenvalue weighted by atomic mass is 15.1. The second-order valence-corrected chi connectivity index (χ2v) is 10.4. The summed E-state index contributed by atoms with van der Waals surface area (Å²) in [6, 6.07) is 21.5. The van der Waals surface area contributed by atoms with Crippen LogP contribution in [-0.2, 0) is 6.42 Å². The number of hydrogen-bond acceptors (Lipinski definition) is 2. The summed E-state index contributed by atoms with van der Waals surface area (Å²) >= 11 is 0. The molecule has 0 N–H and O–H groups in total. The van der Waals surface area contributed by atoms with E-state index in [4.69, 9.17) is 0 Å². The molecule has 0 aliphatic heterocycles. The quantitative estimate of drug-likeness (QED) is 0.364. The number of aromatic nitrogens is 1. The number of aryl methyl sites for hydroxylation is 1. The number of anilines is 2. The zero-order chi connectivity index (χ0) is 25.1. The van der Waals surface area contributed by atoms with Gasteiger partial charge < -0.3 is 4.90 Å². The standard InChI is InChI=1S/C33H36N2/c1-7-25-17-19-30(23-31(25)26-16-18-27(8-2)34-24-26)35(28-13-10-9-11-14-28)29-15-12-21-33(6,22-20-29)32(3,4)5/h8-24H,2,7H2,1,3-6H3. The Labute approximate surface area is 211 Å². The number of pyridine rings is 1. The Bertz CT molecular complexity index is 1270. The van der Waals surface area contributed by atoms with Crippen molar-refractivity contribution in [2.45, 2.75) is 41.0 Å². The van der Waals surface area contributed by atoms with E-state index in [1.165, 1.54) is 11.1 Å². The molecule has 35 heavy (non-hydrogen) atoms. The van der Waals surface area contributed by atoms with Crippen molar-refractivity contribution in [3.8, 4) is 11.1 Å². The second kappa shape index (κ2) is 9.92. The first-order valence-electron chi connectivity index (χ1n) is 12.4. The van der Waals surface area contributed by atoms with Gasteiger partial charge in [0.25, 0.3) is 0 Å². The Hall–Kier alpha value is -3.65. The van der Waals surface area contributed by atoms with Crippen molar-refractivity contribution >= 4 is 17.5 Å². The van der Waals surface area contributed by atoms with E-state index in [1.54, 1.807) is 6.08 Å². The van der Waals surface area contributed by atoms with E-state index in [-0.39, 0.29) is 10.8 Å². The zero-order valence-corrected chi connectivity index (χ0v) is 21.6. The van der Waals surface area contributed by atoms with Crippen LogP contribution in [0.2, 0.25) is 0 Å². The highest BCUT2D eigenvalue weighted by Crippen LogP contribution is 2.43. The van der Waals surface area contributed by atoms with Crippen molar-refractivity contribution in [3.05, 3.63) is 121 Å². The molecule has 1 heterocycles. The molecular weight excluding hydrogens is 424 g/mol. The number of nitrogens with zero attached hydrogens (tertiary/aromatic N) is 2. The van der Waals surface area contributed by atoms with Crippen LogP contribution in [0.15, 0.2) is 110 Å². The van der Waals surface area contributed by atoms with E-state index in [0.29, 0.717) is 0 Å². The van der Waals surface area contributed by atoms with Gasteiger partial charge in [0.05, 0.1) is 5.69 Å². The van der Waals surface area contributed by atoms with Crippen LogP contribution in [-0.4, -0.2) is 4.98 Å². The normalized spacial score (nSPS) is 17.6. The molecule has 0 saturated heterocycles. The Morgan fingerprint density at radius 3 is 2.37 bits per heavy atom. The molecule has 0 fully saturated rings. The van der Waals surface area contributed by atoms with E-state index in [9.17, 15) is 0 Å². The third-order valence-electron chi connectivity index (χ3n) is 7.24. The molecule has 1 atom stereocenters. The van der Waals surface area contributed by atoms with Gasteiger partial charge in [0, 0.05) is 34.2 Å². The molecule has 0 radical (unpaired) electrons. The molecule has 1 unspecified atom stereocenters. The first-order chi connectivity index (χ1) is 16.8. The molecule has 2 aromatic carbocycles. The summed E-state index contributed by atoms with van der Waals surface area (Å²) in [5.74, 6) is 0. The molecule has 4 rings (SSSR count). The van der Waals surface area contributed by atoms with Crippen LogP contribution >= 0.6 is 0 Å².